The van der Waals surface area contributed by atoms with Crippen molar-refractivity contribution in [2.75, 3.05) is 12.4 Å². The van der Waals surface area contributed by atoms with Crippen molar-refractivity contribution in [2.45, 2.75) is 11.8 Å². The summed E-state index contributed by atoms with van der Waals surface area (Å²) in [6.45, 7) is 1.78. The molecule has 2 rings (SSSR count). The van der Waals surface area contributed by atoms with Crippen LogP contribution in [-0.2, 0) is 19.4 Å². The number of carbonyl (C=O) groups excluding carboxylic acids is 1. The molecule has 0 N–H and O–H groups in total. The summed E-state index contributed by atoms with van der Waals surface area (Å²) in [4.78, 5) is 11.4. The van der Waals surface area contributed by atoms with E-state index in [1.165, 1.54) is 12.1 Å². The molecule has 6 heteroatoms. The second kappa shape index (κ2) is 7.09. The molecule has 0 radical (unpaired) electrons. The summed E-state index contributed by atoms with van der Waals surface area (Å²) < 4.78 is 34.3. The molecule has 5 nitrogen and oxygen atoms in total. The van der Waals surface area contributed by atoms with Crippen LogP contribution < -0.4 is 4.74 Å². The van der Waals surface area contributed by atoms with Crippen LogP contribution in [0.3, 0.4) is 0 Å². The SMILES string of the molecule is CCOC(=O)CS(=O)(=O)c1ccc(Oc2ccccc2)cc1. The minimum atomic E-state index is -3.70. The molecule has 2 aromatic rings. The molecule has 0 aliphatic carbocycles. The predicted octanol–water partition coefficient (Wildman–Crippen LogP) is 2.82. The van der Waals surface area contributed by atoms with Crippen LogP contribution in [0.2, 0.25) is 0 Å². The molecule has 0 fully saturated rings. The molecule has 2 aromatic carbocycles. The second-order valence-electron chi connectivity index (χ2n) is 4.45. The molecule has 0 atom stereocenters. The number of carbonyl (C=O) groups is 1. The van der Waals surface area contributed by atoms with Gasteiger partial charge in [-0.2, -0.15) is 0 Å². The van der Waals surface area contributed by atoms with Gasteiger partial charge in [0.2, 0.25) is 0 Å². The van der Waals surface area contributed by atoms with Gasteiger partial charge in [-0.1, -0.05) is 18.2 Å². The summed E-state index contributed by atoms with van der Waals surface area (Å²) in [6.07, 6.45) is 0. The molecule has 116 valence electrons. The summed E-state index contributed by atoms with van der Waals surface area (Å²) >= 11 is 0. The molecule has 0 spiro atoms. The summed E-state index contributed by atoms with van der Waals surface area (Å²) in [5.41, 5.74) is 0. The Hall–Kier alpha value is -2.34. The van der Waals surface area contributed by atoms with Crippen LogP contribution in [-0.4, -0.2) is 26.7 Å². The van der Waals surface area contributed by atoms with E-state index in [9.17, 15) is 13.2 Å². The number of hydrogen-bond acceptors (Lipinski definition) is 5. The fourth-order valence-electron chi connectivity index (χ4n) is 1.78. The Labute approximate surface area is 129 Å². The first-order valence-corrected chi connectivity index (χ1v) is 8.38. The Bertz CT molecular complexity index is 721. The first kappa shape index (κ1) is 16.0. The molecule has 0 amide bonds. The third-order valence-corrected chi connectivity index (χ3v) is 4.38. The van der Waals surface area contributed by atoms with E-state index in [0.717, 1.165) is 0 Å². The van der Waals surface area contributed by atoms with Gasteiger partial charge in [-0.3, -0.25) is 4.79 Å². The van der Waals surface area contributed by atoms with Gasteiger partial charge in [-0.25, -0.2) is 8.42 Å². The van der Waals surface area contributed by atoms with Crippen molar-refractivity contribution >= 4 is 15.8 Å². The minimum absolute atomic E-state index is 0.0564. The molecular weight excluding hydrogens is 304 g/mol. The summed E-state index contributed by atoms with van der Waals surface area (Å²) in [6, 6.07) is 15.1. The molecule has 22 heavy (non-hydrogen) atoms. The average molecular weight is 320 g/mol. The summed E-state index contributed by atoms with van der Waals surface area (Å²) in [5.74, 6) is -0.252. The van der Waals surface area contributed by atoms with Gasteiger partial charge in [0, 0.05) is 0 Å². The number of hydrogen-bond donors (Lipinski definition) is 0. The van der Waals surface area contributed by atoms with Crippen molar-refractivity contribution in [3.8, 4) is 11.5 Å². The lowest BCUT2D eigenvalue weighted by Gasteiger charge is -2.07. The van der Waals surface area contributed by atoms with Crippen LogP contribution in [0.5, 0.6) is 11.5 Å². The lowest BCUT2D eigenvalue weighted by atomic mass is 10.3. The Kier molecular flexibility index (Phi) is 5.16. The highest BCUT2D eigenvalue weighted by molar-refractivity contribution is 7.92. The normalized spacial score (nSPS) is 11.0. The third kappa shape index (κ3) is 4.33. The van der Waals surface area contributed by atoms with Gasteiger partial charge in [0.15, 0.2) is 15.6 Å². The van der Waals surface area contributed by atoms with E-state index in [-0.39, 0.29) is 11.5 Å². The molecule has 0 saturated carbocycles. The first-order chi connectivity index (χ1) is 10.5. The molecule has 0 saturated heterocycles. The summed E-state index contributed by atoms with van der Waals surface area (Å²) in [7, 11) is -3.70. The Balaban J connectivity index is 2.09. The number of esters is 1. The zero-order chi connectivity index (χ0) is 16.0. The fraction of sp³-hybridized carbons (Fsp3) is 0.188. The number of ether oxygens (including phenoxy) is 2. The maximum Gasteiger partial charge on any atom is 0.321 e. The van der Waals surface area contributed by atoms with Crippen LogP contribution in [0.25, 0.3) is 0 Å². The standard InChI is InChI=1S/C16H16O5S/c1-2-20-16(17)12-22(18,19)15-10-8-14(9-11-15)21-13-6-4-3-5-7-13/h3-11H,2,12H2,1H3. The molecule has 0 aromatic heterocycles. The monoisotopic (exact) mass is 320 g/mol. The van der Waals surface area contributed by atoms with Crippen molar-refractivity contribution in [1.82, 2.24) is 0 Å². The second-order valence-corrected chi connectivity index (χ2v) is 6.44. The zero-order valence-corrected chi connectivity index (χ0v) is 12.9. The highest BCUT2D eigenvalue weighted by atomic mass is 32.2. The highest BCUT2D eigenvalue weighted by Gasteiger charge is 2.20. The Morgan fingerprint density at radius 3 is 2.14 bits per heavy atom. The molecule has 0 bridgehead atoms. The van der Waals surface area contributed by atoms with Gasteiger partial charge in [-0.15, -0.1) is 0 Å². The molecule has 0 unspecified atom stereocenters. The van der Waals surface area contributed by atoms with Crippen molar-refractivity contribution in [3.05, 3.63) is 54.6 Å². The number of rotatable bonds is 6. The molecule has 0 aliphatic rings. The Morgan fingerprint density at radius 1 is 0.955 bits per heavy atom. The smallest absolute Gasteiger partial charge is 0.321 e. The number of sulfone groups is 1. The quantitative estimate of drug-likeness (QED) is 0.766. The van der Waals surface area contributed by atoms with Crippen molar-refractivity contribution in [1.29, 1.82) is 0 Å². The van der Waals surface area contributed by atoms with Gasteiger partial charge in [0.05, 0.1) is 11.5 Å². The maximum atomic E-state index is 12.0. The van der Waals surface area contributed by atoms with Crippen LogP contribution >= 0.6 is 0 Å². The van der Waals surface area contributed by atoms with E-state index in [1.807, 2.05) is 18.2 Å². The lowest BCUT2D eigenvalue weighted by molar-refractivity contribution is -0.139. The van der Waals surface area contributed by atoms with E-state index < -0.39 is 21.6 Å². The molecule has 0 heterocycles. The van der Waals surface area contributed by atoms with Gasteiger partial charge in [0.25, 0.3) is 0 Å². The van der Waals surface area contributed by atoms with E-state index in [1.54, 1.807) is 31.2 Å². The molecular formula is C16H16O5S. The predicted molar refractivity (Wildman–Crippen MR) is 81.6 cm³/mol. The lowest BCUT2D eigenvalue weighted by Crippen LogP contribution is -2.18. The van der Waals surface area contributed by atoms with Crippen LogP contribution in [0, 0.1) is 0 Å². The van der Waals surface area contributed by atoms with E-state index in [2.05, 4.69) is 4.74 Å². The van der Waals surface area contributed by atoms with Gasteiger partial charge in [-0.05, 0) is 43.3 Å². The van der Waals surface area contributed by atoms with Gasteiger partial charge >= 0.3 is 5.97 Å². The maximum absolute atomic E-state index is 12.0. The van der Waals surface area contributed by atoms with Crippen molar-refractivity contribution < 1.29 is 22.7 Å². The van der Waals surface area contributed by atoms with E-state index in [0.29, 0.717) is 11.5 Å². The van der Waals surface area contributed by atoms with Gasteiger partial charge < -0.3 is 9.47 Å². The van der Waals surface area contributed by atoms with E-state index >= 15 is 0 Å². The van der Waals surface area contributed by atoms with Crippen LogP contribution in [0.15, 0.2) is 59.5 Å². The summed E-state index contributed by atoms with van der Waals surface area (Å²) in [5, 5.41) is 0. The van der Waals surface area contributed by atoms with E-state index in [4.69, 9.17) is 4.74 Å². The number of benzene rings is 2. The van der Waals surface area contributed by atoms with Crippen molar-refractivity contribution in [3.63, 3.8) is 0 Å². The van der Waals surface area contributed by atoms with Gasteiger partial charge in [0.1, 0.15) is 11.5 Å². The minimum Gasteiger partial charge on any atom is -0.465 e. The topological polar surface area (TPSA) is 69.7 Å². The first-order valence-electron chi connectivity index (χ1n) is 6.72. The zero-order valence-electron chi connectivity index (χ0n) is 12.1. The van der Waals surface area contributed by atoms with Crippen LogP contribution in [0.4, 0.5) is 0 Å². The average Bonchev–Trinajstić information content (AvgIpc) is 2.48. The number of para-hydroxylation sites is 1. The molecule has 0 aliphatic heterocycles. The van der Waals surface area contributed by atoms with Crippen molar-refractivity contribution in [2.24, 2.45) is 0 Å². The van der Waals surface area contributed by atoms with Crippen LogP contribution in [0.1, 0.15) is 6.92 Å². The fourth-order valence-corrected chi connectivity index (χ4v) is 2.89. The third-order valence-electron chi connectivity index (χ3n) is 2.77. The highest BCUT2D eigenvalue weighted by Crippen LogP contribution is 2.23. The Morgan fingerprint density at radius 2 is 1.55 bits per heavy atom. The largest absolute Gasteiger partial charge is 0.465 e.